The van der Waals surface area contributed by atoms with E-state index < -0.39 is 0 Å². The Morgan fingerprint density at radius 3 is 2.35 bits per heavy atom. The number of hydrogen-bond donors (Lipinski definition) is 0. The highest BCUT2D eigenvalue weighted by Crippen LogP contribution is 2.33. The van der Waals surface area contributed by atoms with Gasteiger partial charge < -0.3 is 0 Å². The summed E-state index contributed by atoms with van der Waals surface area (Å²) in [6.07, 6.45) is 5.79. The van der Waals surface area contributed by atoms with Gasteiger partial charge in [0.05, 0.1) is 0 Å². The highest BCUT2D eigenvalue weighted by Gasteiger charge is 2.13. The Morgan fingerprint density at radius 2 is 1.46 bits per heavy atom. The fourth-order valence-corrected chi connectivity index (χ4v) is 4.54. The number of fused-ring (bicyclic) bond motifs is 4. The molecule has 0 nitrogen and oxygen atoms in total. The maximum Gasteiger partial charge on any atom is 0.0136 e. The van der Waals surface area contributed by atoms with E-state index >= 15 is 0 Å². The third-order valence-corrected chi connectivity index (χ3v) is 6.09. The fraction of sp³-hybridized carbons (Fsp3) is 0.120. The highest BCUT2D eigenvalue weighted by molar-refractivity contribution is 14.1. The minimum atomic E-state index is 0.639. The molecule has 0 aromatic heterocycles. The Kier molecular flexibility index (Phi) is 3.86. The van der Waals surface area contributed by atoms with E-state index in [2.05, 4.69) is 108 Å². The average Bonchev–Trinajstić information content (AvgIpc) is 2.66. The van der Waals surface area contributed by atoms with E-state index in [0.29, 0.717) is 5.92 Å². The van der Waals surface area contributed by atoms with Crippen LogP contribution in [0.15, 0.2) is 72.8 Å². The second kappa shape index (κ2) is 6.24. The van der Waals surface area contributed by atoms with Crippen molar-refractivity contribution in [2.45, 2.75) is 13.3 Å². The first kappa shape index (κ1) is 16.1. The van der Waals surface area contributed by atoms with Crippen molar-refractivity contribution >= 4 is 50.2 Å². The summed E-state index contributed by atoms with van der Waals surface area (Å²) in [5.41, 5.74) is 5.44. The van der Waals surface area contributed by atoms with Crippen LogP contribution in [-0.2, 0) is 6.42 Å². The molecule has 1 unspecified atom stereocenters. The number of benzene rings is 4. The molecule has 1 aliphatic rings. The van der Waals surface area contributed by atoms with E-state index in [-0.39, 0.29) is 0 Å². The van der Waals surface area contributed by atoms with Gasteiger partial charge in [0.15, 0.2) is 0 Å². The largest absolute Gasteiger partial charge is 0.0807 e. The molecule has 26 heavy (non-hydrogen) atoms. The van der Waals surface area contributed by atoms with Gasteiger partial charge in [-0.05, 0) is 103 Å². The van der Waals surface area contributed by atoms with Gasteiger partial charge >= 0.3 is 0 Å². The molecule has 0 amide bonds. The lowest BCUT2D eigenvalue weighted by molar-refractivity contribution is 0.718. The van der Waals surface area contributed by atoms with E-state index in [1.807, 2.05) is 0 Å². The second-order valence-corrected chi connectivity index (χ2v) is 8.57. The molecule has 0 N–H and O–H groups in total. The van der Waals surface area contributed by atoms with Crippen LogP contribution >= 0.6 is 22.6 Å². The van der Waals surface area contributed by atoms with Crippen molar-refractivity contribution in [1.82, 2.24) is 0 Å². The standard InChI is InChI=1S/C25H19I/c1-16-2-10-24-21(12-16)5-6-22-14-19(8-11-25(22)24)17-3-4-20-15-23(26)9-7-18(20)13-17/h2-11,13-16H,12H2,1H3. The molecule has 0 heterocycles. The lowest BCUT2D eigenvalue weighted by Crippen LogP contribution is -2.03. The van der Waals surface area contributed by atoms with Gasteiger partial charge in [0.25, 0.3) is 0 Å². The van der Waals surface area contributed by atoms with Gasteiger partial charge in [-0.15, -0.1) is 0 Å². The van der Waals surface area contributed by atoms with Crippen LogP contribution in [-0.4, -0.2) is 0 Å². The van der Waals surface area contributed by atoms with Crippen LogP contribution in [0.3, 0.4) is 0 Å². The molecule has 0 fully saturated rings. The lowest BCUT2D eigenvalue weighted by atomic mass is 9.87. The van der Waals surface area contributed by atoms with Gasteiger partial charge in [-0.25, -0.2) is 0 Å². The molecule has 1 atom stereocenters. The molecule has 0 spiro atoms. The first-order chi connectivity index (χ1) is 12.7. The van der Waals surface area contributed by atoms with Crippen LogP contribution in [0.5, 0.6) is 0 Å². The first-order valence-electron chi connectivity index (χ1n) is 9.11. The number of rotatable bonds is 1. The minimum absolute atomic E-state index is 0.639. The predicted molar refractivity (Wildman–Crippen MR) is 122 cm³/mol. The third-order valence-electron chi connectivity index (χ3n) is 5.42. The fourth-order valence-electron chi connectivity index (χ4n) is 4.02. The smallest absolute Gasteiger partial charge is 0.0136 e. The normalized spacial score (nSPS) is 16.2. The van der Waals surface area contributed by atoms with Crippen molar-refractivity contribution in [3.05, 3.63) is 87.5 Å². The molecule has 1 aliphatic carbocycles. The van der Waals surface area contributed by atoms with E-state index in [9.17, 15) is 0 Å². The van der Waals surface area contributed by atoms with E-state index in [1.165, 1.54) is 47.4 Å². The molecule has 0 radical (unpaired) electrons. The molecule has 0 bridgehead atoms. The topological polar surface area (TPSA) is 0 Å². The Labute approximate surface area is 167 Å². The van der Waals surface area contributed by atoms with Crippen LogP contribution in [0.1, 0.15) is 18.1 Å². The van der Waals surface area contributed by atoms with Gasteiger partial charge in [0.2, 0.25) is 0 Å². The molecule has 0 saturated carbocycles. The summed E-state index contributed by atoms with van der Waals surface area (Å²) in [5.74, 6) is 0.639. The van der Waals surface area contributed by atoms with Crippen LogP contribution in [0.4, 0.5) is 0 Å². The van der Waals surface area contributed by atoms with E-state index in [1.54, 1.807) is 0 Å². The van der Waals surface area contributed by atoms with Crippen molar-refractivity contribution in [2.24, 2.45) is 5.92 Å². The van der Waals surface area contributed by atoms with Crippen molar-refractivity contribution in [3.63, 3.8) is 0 Å². The summed E-state index contributed by atoms with van der Waals surface area (Å²) in [5, 5.41) is 5.29. The molecule has 4 aromatic rings. The first-order valence-corrected chi connectivity index (χ1v) is 10.2. The number of allylic oxidation sites excluding steroid dienone is 1. The lowest BCUT2D eigenvalue weighted by Gasteiger charge is -2.18. The second-order valence-electron chi connectivity index (χ2n) is 7.32. The molecular weight excluding hydrogens is 427 g/mol. The Balaban J connectivity index is 1.64. The van der Waals surface area contributed by atoms with E-state index in [4.69, 9.17) is 0 Å². The molecular formula is C25H19I. The summed E-state index contributed by atoms with van der Waals surface area (Å²) in [6, 6.07) is 24.9. The van der Waals surface area contributed by atoms with Crippen molar-refractivity contribution in [3.8, 4) is 11.1 Å². The molecule has 126 valence electrons. The molecule has 0 saturated heterocycles. The molecule has 0 aliphatic heterocycles. The third kappa shape index (κ3) is 2.75. The summed E-state index contributed by atoms with van der Waals surface area (Å²) >= 11 is 2.37. The quantitative estimate of drug-likeness (QED) is 0.266. The van der Waals surface area contributed by atoms with Crippen LogP contribution in [0.25, 0.3) is 38.7 Å². The highest BCUT2D eigenvalue weighted by atomic mass is 127. The Bertz CT molecular complexity index is 1180. The predicted octanol–water partition coefficient (Wildman–Crippen LogP) is 7.47. The van der Waals surface area contributed by atoms with Gasteiger partial charge in [-0.1, -0.05) is 61.5 Å². The molecule has 4 aromatic carbocycles. The van der Waals surface area contributed by atoms with Gasteiger partial charge in [0.1, 0.15) is 0 Å². The maximum atomic E-state index is 2.37. The summed E-state index contributed by atoms with van der Waals surface area (Å²) in [4.78, 5) is 0. The van der Waals surface area contributed by atoms with Crippen LogP contribution in [0.2, 0.25) is 0 Å². The molecule has 5 rings (SSSR count). The van der Waals surface area contributed by atoms with Crippen LogP contribution < -0.4 is 0 Å². The minimum Gasteiger partial charge on any atom is -0.0807 e. The van der Waals surface area contributed by atoms with Crippen molar-refractivity contribution in [2.75, 3.05) is 0 Å². The zero-order valence-electron chi connectivity index (χ0n) is 14.7. The number of hydrogen-bond acceptors (Lipinski definition) is 0. The Morgan fingerprint density at radius 1 is 0.769 bits per heavy atom. The van der Waals surface area contributed by atoms with Crippen molar-refractivity contribution in [1.29, 1.82) is 0 Å². The molecule has 1 heteroatoms. The summed E-state index contributed by atoms with van der Waals surface area (Å²) in [6.45, 7) is 2.29. The zero-order chi connectivity index (χ0) is 17.7. The summed E-state index contributed by atoms with van der Waals surface area (Å²) < 4.78 is 1.28. The monoisotopic (exact) mass is 446 g/mol. The average molecular weight is 446 g/mol. The SMILES string of the molecule is CC1C=Cc2c(ccc3cc(-c4ccc5cc(I)ccc5c4)ccc23)C1. The maximum absolute atomic E-state index is 2.37. The van der Waals surface area contributed by atoms with Crippen LogP contribution in [0, 0.1) is 9.49 Å². The van der Waals surface area contributed by atoms with Crippen molar-refractivity contribution < 1.29 is 0 Å². The van der Waals surface area contributed by atoms with Gasteiger partial charge in [0, 0.05) is 3.57 Å². The zero-order valence-corrected chi connectivity index (χ0v) is 16.8. The van der Waals surface area contributed by atoms with E-state index in [0.717, 1.165) is 6.42 Å². The summed E-state index contributed by atoms with van der Waals surface area (Å²) in [7, 11) is 0. The Hall–Kier alpha value is -2.13. The van der Waals surface area contributed by atoms with Gasteiger partial charge in [-0.3, -0.25) is 0 Å². The number of halogens is 1. The van der Waals surface area contributed by atoms with Gasteiger partial charge in [-0.2, -0.15) is 0 Å².